The molecule has 0 aliphatic heterocycles. The maximum absolute atomic E-state index is 13.4. The van der Waals surface area contributed by atoms with E-state index in [0.717, 1.165) is 49.1 Å². The van der Waals surface area contributed by atoms with Crippen LogP contribution in [0.25, 0.3) is 0 Å². The van der Waals surface area contributed by atoms with Gasteiger partial charge in [-0.05, 0) is 61.7 Å². The van der Waals surface area contributed by atoms with Crippen LogP contribution in [0.15, 0.2) is 48.5 Å². The predicted molar refractivity (Wildman–Crippen MR) is 108 cm³/mol. The van der Waals surface area contributed by atoms with Gasteiger partial charge in [0.15, 0.2) is 0 Å². The molecule has 0 heterocycles. The molecule has 0 unspecified atom stereocenters. The van der Waals surface area contributed by atoms with Crippen LogP contribution in [0, 0.1) is 5.82 Å². The fourth-order valence-electron chi connectivity index (χ4n) is 3.82. The average molecular weight is 385 g/mol. The summed E-state index contributed by atoms with van der Waals surface area (Å²) >= 11 is 0. The Kier molecular flexibility index (Phi) is 7.04. The summed E-state index contributed by atoms with van der Waals surface area (Å²) in [5.41, 5.74) is 1.02. The Morgan fingerprint density at radius 1 is 1.00 bits per heavy atom. The van der Waals surface area contributed by atoms with Gasteiger partial charge in [0.05, 0.1) is 12.0 Å². The molecule has 0 atom stereocenters. The van der Waals surface area contributed by atoms with E-state index in [0.29, 0.717) is 19.8 Å². The number of hydrogen-bond acceptors (Lipinski definition) is 3. The van der Waals surface area contributed by atoms with E-state index in [2.05, 4.69) is 5.32 Å². The summed E-state index contributed by atoms with van der Waals surface area (Å²) < 4.78 is 24.2. The number of amides is 1. The van der Waals surface area contributed by atoms with Gasteiger partial charge in [-0.1, -0.05) is 31.4 Å². The first-order chi connectivity index (χ1) is 13.6. The number of benzene rings is 2. The van der Waals surface area contributed by atoms with E-state index in [1.165, 1.54) is 12.1 Å². The molecule has 1 amide bonds. The zero-order chi connectivity index (χ0) is 19.8. The second kappa shape index (κ2) is 9.69. The minimum absolute atomic E-state index is 0.0242. The molecule has 3 rings (SSSR count). The van der Waals surface area contributed by atoms with E-state index >= 15 is 0 Å². The van der Waals surface area contributed by atoms with Gasteiger partial charge >= 0.3 is 0 Å². The van der Waals surface area contributed by atoms with Gasteiger partial charge in [0.25, 0.3) is 0 Å². The van der Waals surface area contributed by atoms with Crippen LogP contribution in [-0.2, 0) is 14.9 Å². The van der Waals surface area contributed by atoms with Crippen LogP contribution in [0.3, 0.4) is 0 Å². The van der Waals surface area contributed by atoms with Crippen LogP contribution in [0.4, 0.5) is 10.1 Å². The molecule has 1 N–H and O–H groups in total. The number of carbonyl (C=O) groups excluding carboxylic acids is 1. The Hall–Kier alpha value is -2.40. The Morgan fingerprint density at radius 2 is 1.68 bits per heavy atom. The maximum Gasteiger partial charge on any atom is 0.235 e. The molecule has 2 aromatic carbocycles. The van der Waals surface area contributed by atoms with Crippen molar-refractivity contribution >= 4 is 11.6 Å². The number of hydrogen-bond donors (Lipinski definition) is 1. The first-order valence-corrected chi connectivity index (χ1v) is 10.0. The summed E-state index contributed by atoms with van der Waals surface area (Å²) in [6.45, 7) is 3.66. The molecular formula is C23H28FNO3. The Labute approximate surface area is 166 Å². The number of rotatable bonds is 8. The standard InChI is InChI=1S/C23H28FNO3/c1-2-27-16-17-28-21-12-10-20(11-13-21)25-22(26)23(14-4-3-5-15-23)18-6-8-19(24)9-7-18/h6-13H,2-5,14-17H2,1H3,(H,25,26). The highest BCUT2D eigenvalue weighted by Gasteiger charge is 2.41. The monoisotopic (exact) mass is 385 g/mol. The topological polar surface area (TPSA) is 47.6 Å². The maximum atomic E-state index is 13.4. The lowest BCUT2D eigenvalue weighted by Crippen LogP contribution is -2.42. The quantitative estimate of drug-likeness (QED) is 0.645. The third-order valence-corrected chi connectivity index (χ3v) is 5.35. The number of carbonyl (C=O) groups is 1. The van der Waals surface area contributed by atoms with Crippen molar-refractivity contribution in [1.29, 1.82) is 0 Å². The highest BCUT2D eigenvalue weighted by Crippen LogP contribution is 2.40. The molecule has 0 aromatic heterocycles. The normalized spacial score (nSPS) is 15.8. The summed E-state index contributed by atoms with van der Waals surface area (Å²) in [6.07, 6.45) is 4.69. The van der Waals surface area contributed by atoms with Crippen molar-refractivity contribution in [2.45, 2.75) is 44.4 Å². The second-order valence-corrected chi connectivity index (χ2v) is 7.17. The zero-order valence-electron chi connectivity index (χ0n) is 16.4. The molecule has 0 spiro atoms. The molecule has 1 saturated carbocycles. The highest BCUT2D eigenvalue weighted by atomic mass is 19.1. The molecular weight excluding hydrogens is 357 g/mol. The molecule has 4 nitrogen and oxygen atoms in total. The molecule has 2 aromatic rings. The van der Waals surface area contributed by atoms with Crippen molar-refractivity contribution in [2.75, 3.05) is 25.1 Å². The summed E-state index contributed by atoms with van der Waals surface area (Å²) in [6, 6.07) is 13.7. The van der Waals surface area contributed by atoms with Crippen LogP contribution in [0.1, 0.15) is 44.6 Å². The molecule has 0 bridgehead atoms. The third kappa shape index (κ3) is 4.90. The van der Waals surface area contributed by atoms with Crippen molar-refractivity contribution in [1.82, 2.24) is 0 Å². The molecule has 5 heteroatoms. The number of halogens is 1. The second-order valence-electron chi connectivity index (χ2n) is 7.17. The van der Waals surface area contributed by atoms with E-state index < -0.39 is 5.41 Å². The lowest BCUT2D eigenvalue weighted by atomic mass is 9.68. The molecule has 1 aliphatic rings. The van der Waals surface area contributed by atoms with E-state index in [4.69, 9.17) is 9.47 Å². The van der Waals surface area contributed by atoms with E-state index in [-0.39, 0.29) is 11.7 Å². The third-order valence-electron chi connectivity index (χ3n) is 5.35. The van der Waals surface area contributed by atoms with Crippen molar-refractivity contribution in [2.24, 2.45) is 0 Å². The van der Waals surface area contributed by atoms with Crippen molar-refractivity contribution < 1.29 is 18.7 Å². The average Bonchev–Trinajstić information content (AvgIpc) is 2.73. The molecule has 0 saturated heterocycles. The van der Waals surface area contributed by atoms with E-state index in [1.54, 1.807) is 12.1 Å². The van der Waals surface area contributed by atoms with Crippen LogP contribution < -0.4 is 10.1 Å². The zero-order valence-corrected chi connectivity index (χ0v) is 16.4. The highest BCUT2D eigenvalue weighted by molar-refractivity contribution is 5.99. The van der Waals surface area contributed by atoms with E-state index in [9.17, 15) is 9.18 Å². The van der Waals surface area contributed by atoms with Gasteiger partial charge in [-0.2, -0.15) is 0 Å². The van der Waals surface area contributed by atoms with Gasteiger partial charge in [-0.15, -0.1) is 0 Å². The van der Waals surface area contributed by atoms with Crippen LogP contribution in [0.5, 0.6) is 5.75 Å². The molecule has 150 valence electrons. The number of ether oxygens (including phenoxy) is 2. The summed E-state index contributed by atoms with van der Waals surface area (Å²) in [4.78, 5) is 13.3. The Balaban J connectivity index is 1.69. The van der Waals surface area contributed by atoms with Crippen molar-refractivity contribution in [3.63, 3.8) is 0 Å². The Bertz CT molecular complexity index is 752. The first kappa shape index (κ1) is 20.3. The van der Waals surface area contributed by atoms with Gasteiger partial charge in [-0.25, -0.2) is 4.39 Å². The Morgan fingerprint density at radius 3 is 2.32 bits per heavy atom. The molecule has 0 radical (unpaired) electrons. The van der Waals surface area contributed by atoms with Crippen LogP contribution >= 0.6 is 0 Å². The fraction of sp³-hybridized carbons (Fsp3) is 0.435. The van der Waals surface area contributed by atoms with Crippen LogP contribution in [-0.4, -0.2) is 25.7 Å². The van der Waals surface area contributed by atoms with E-state index in [1.807, 2.05) is 31.2 Å². The van der Waals surface area contributed by atoms with Crippen molar-refractivity contribution in [3.8, 4) is 5.75 Å². The number of nitrogens with one attached hydrogen (secondary N) is 1. The first-order valence-electron chi connectivity index (χ1n) is 10.0. The largest absolute Gasteiger partial charge is 0.491 e. The van der Waals surface area contributed by atoms with Gasteiger partial charge in [0.1, 0.15) is 18.2 Å². The number of anilines is 1. The van der Waals surface area contributed by atoms with Crippen LogP contribution in [0.2, 0.25) is 0 Å². The van der Waals surface area contributed by atoms with Gasteiger partial charge in [0.2, 0.25) is 5.91 Å². The SMILES string of the molecule is CCOCCOc1ccc(NC(=O)C2(c3ccc(F)cc3)CCCCC2)cc1. The summed E-state index contributed by atoms with van der Waals surface area (Å²) in [5, 5.41) is 3.06. The predicted octanol–water partition coefficient (Wildman–Crippen LogP) is 5.08. The minimum atomic E-state index is -0.599. The van der Waals surface area contributed by atoms with Gasteiger partial charge in [0, 0.05) is 12.3 Å². The smallest absolute Gasteiger partial charge is 0.235 e. The lowest BCUT2D eigenvalue weighted by Gasteiger charge is -2.36. The summed E-state index contributed by atoms with van der Waals surface area (Å²) in [5.74, 6) is 0.433. The molecule has 1 aliphatic carbocycles. The lowest BCUT2D eigenvalue weighted by molar-refractivity contribution is -0.122. The van der Waals surface area contributed by atoms with Crippen molar-refractivity contribution in [3.05, 3.63) is 59.9 Å². The van der Waals surface area contributed by atoms with Gasteiger partial charge in [-0.3, -0.25) is 4.79 Å². The minimum Gasteiger partial charge on any atom is -0.491 e. The van der Waals surface area contributed by atoms with Gasteiger partial charge < -0.3 is 14.8 Å². The summed E-state index contributed by atoms with van der Waals surface area (Å²) in [7, 11) is 0. The fourth-order valence-corrected chi connectivity index (χ4v) is 3.82. The molecule has 28 heavy (non-hydrogen) atoms. The molecule has 1 fully saturated rings.